The van der Waals surface area contributed by atoms with Gasteiger partial charge in [-0.3, -0.25) is 24.6 Å². The minimum atomic E-state index is -0.349. The standard InChI is InChI=1S/C18H19N3O3S/c1-10(2)6-7-21-16(23)13-5-4-12(8-14(13)17(21)24)15(22)20-18-19-9-11(3)25-18/h4-5,8-10H,6-7H2,1-3H3,(H,19,20,22). The van der Waals surface area contributed by atoms with Crippen molar-refractivity contribution in [3.8, 4) is 0 Å². The van der Waals surface area contributed by atoms with Crippen molar-refractivity contribution in [3.63, 3.8) is 0 Å². The number of hydrogen-bond acceptors (Lipinski definition) is 5. The average Bonchev–Trinajstić information content (AvgIpc) is 3.07. The minimum Gasteiger partial charge on any atom is -0.298 e. The molecular formula is C18H19N3O3S. The summed E-state index contributed by atoms with van der Waals surface area (Å²) in [5.41, 5.74) is 0.977. The number of fused-ring (bicyclic) bond motifs is 1. The minimum absolute atomic E-state index is 0.289. The molecule has 1 aromatic carbocycles. The molecule has 0 saturated heterocycles. The molecule has 3 rings (SSSR count). The van der Waals surface area contributed by atoms with E-state index in [1.165, 1.54) is 22.3 Å². The van der Waals surface area contributed by atoms with Gasteiger partial charge in [0.1, 0.15) is 0 Å². The van der Waals surface area contributed by atoms with Crippen LogP contribution in [0.2, 0.25) is 0 Å². The number of carbonyl (C=O) groups excluding carboxylic acids is 3. The lowest BCUT2D eigenvalue weighted by Crippen LogP contribution is -2.31. The van der Waals surface area contributed by atoms with Crippen LogP contribution in [0.1, 0.15) is 56.2 Å². The van der Waals surface area contributed by atoms with Crippen LogP contribution in [0, 0.1) is 12.8 Å². The molecule has 130 valence electrons. The lowest BCUT2D eigenvalue weighted by atomic mass is 10.1. The topological polar surface area (TPSA) is 79.4 Å². The van der Waals surface area contributed by atoms with Crippen LogP contribution in [0.4, 0.5) is 5.13 Å². The number of nitrogens with zero attached hydrogens (tertiary/aromatic N) is 2. The molecule has 0 bridgehead atoms. The predicted molar refractivity (Wildman–Crippen MR) is 96.1 cm³/mol. The first-order valence-electron chi connectivity index (χ1n) is 8.11. The van der Waals surface area contributed by atoms with Gasteiger partial charge in [0.05, 0.1) is 11.1 Å². The molecule has 2 heterocycles. The number of nitrogens with one attached hydrogen (secondary N) is 1. The van der Waals surface area contributed by atoms with E-state index >= 15 is 0 Å². The molecule has 3 amide bonds. The summed E-state index contributed by atoms with van der Waals surface area (Å²) in [6, 6.07) is 4.60. The van der Waals surface area contributed by atoms with E-state index in [9.17, 15) is 14.4 Å². The summed E-state index contributed by atoms with van der Waals surface area (Å²) in [6.45, 7) is 6.38. The Morgan fingerprint density at radius 3 is 2.60 bits per heavy atom. The molecule has 1 aliphatic heterocycles. The second-order valence-corrected chi connectivity index (χ2v) is 7.67. The Morgan fingerprint density at radius 1 is 1.24 bits per heavy atom. The van der Waals surface area contributed by atoms with Gasteiger partial charge >= 0.3 is 0 Å². The number of imide groups is 1. The Balaban J connectivity index is 1.80. The fourth-order valence-corrected chi connectivity index (χ4v) is 3.26. The van der Waals surface area contributed by atoms with Gasteiger partial charge in [-0.2, -0.15) is 0 Å². The summed E-state index contributed by atoms with van der Waals surface area (Å²) in [4.78, 5) is 43.6. The molecule has 7 heteroatoms. The van der Waals surface area contributed by atoms with E-state index in [1.807, 2.05) is 20.8 Å². The molecule has 0 radical (unpaired) electrons. The van der Waals surface area contributed by atoms with Crippen molar-refractivity contribution in [3.05, 3.63) is 46.0 Å². The van der Waals surface area contributed by atoms with Crippen molar-refractivity contribution < 1.29 is 14.4 Å². The molecule has 0 unspecified atom stereocenters. The normalized spacial score (nSPS) is 13.5. The molecular weight excluding hydrogens is 338 g/mol. The third-order valence-electron chi connectivity index (χ3n) is 4.00. The van der Waals surface area contributed by atoms with Crippen LogP contribution in [0.5, 0.6) is 0 Å². The highest BCUT2D eigenvalue weighted by atomic mass is 32.1. The first kappa shape index (κ1) is 17.3. The van der Waals surface area contributed by atoms with Gasteiger partial charge < -0.3 is 0 Å². The van der Waals surface area contributed by atoms with Crippen LogP contribution in [0.15, 0.2) is 24.4 Å². The zero-order chi connectivity index (χ0) is 18.1. The van der Waals surface area contributed by atoms with Crippen molar-refractivity contribution in [2.45, 2.75) is 27.2 Å². The summed E-state index contributed by atoms with van der Waals surface area (Å²) in [5, 5.41) is 3.21. The third kappa shape index (κ3) is 3.46. The fraction of sp³-hybridized carbons (Fsp3) is 0.333. The Kier molecular flexibility index (Phi) is 4.67. The Morgan fingerprint density at radius 2 is 1.96 bits per heavy atom. The van der Waals surface area contributed by atoms with Crippen molar-refractivity contribution in [1.82, 2.24) is 9.88 Å². The van der Waals surface area contributed by atoms with Gasteiger partial charge in [0.2, 0.25) is 0 Å². The first-order chi connectivity index (χ1) is 11.9. The van der Waals surface area contributed by atoms with Gasteiger partial charge in [-0.05, 0) is 37.5 Å². The van der Waals surface area contributed by atoms with Crippen molar-refractivity contribution in [2.75, 3.05) is 11.9 Å². The Bertz CT molecular complexity index is 857. The zero-order valence-electron chi connectivity index (χ0n) is 14.3. The predicted octanol–water partition coefficient (Wildman–Crippen LogP) is 3.35. The monoisotopic (exact) mass is 357 g/mol. The van der Waals surface area contributed by atoms with E-state index in [1.54, 1.807) is 18.3 Å². The van der Waals surface area contributed by atoms with E-state index in [-0.39, 0.29) is 23.3 Å². The number of carbonyl (C=O) groups is 3. The summed E-state index contributed by atoms with van der Waals surface area (Å²) >= 11 is 1.37. The first-order valence-corrected chi connectivity index (χ1v) is 8.92. The molecule has 1 aliphatic rings. The third-order valence-corrected chi connectivity index (χ3v) is 4.83. The molecule has 0 atom stereocenters. The second-order valence-electron chi connectivity index (χ2n) is 6.44. The number of aromatic nitrogens is 1. The number of thiazole rings is 1. The zero-order valence-corrected chi connectivity index (χ0v) is 15.1. The van der Waals surface area contributed by atoms with E-state index in [2.05, 4.69) is 10.3 Å². The number of amides is 3. The van der Waals surface area contributed by atoms with Crippen LogP contribution in [-0.2, 0) is 0 Å². The fourth-order valence-electron chi connectivity index (χ4n) is 2.60. The van der Waals surface area contributed by atoms with Crippen LogP contribution in [0.25, 0.3) is 0 Å². The summed E-state index contributed by atoms with van der Waals surface area (Å²) in [6.07, 6.45) is 2.43. The average molecular weight is 357 g/mol. The molecule has 0 aliphatic carbocycles. The Labute approximate surface area is 149 Å². The number of aryl methyl sites for hydroxylation is 1. The van der Waals surface area contributed by atoms with E-state index < -0.39 is 0 Å². The smallest absolute Gasteiger partial charge is 0.261 e. The van der Waals surface area contributed by atoms with Crippen LogP contribution >= 0.6 is 11.3 Å². The van der Waals surface area contributed by atoms with Crippen LogP contribution in [-0.4, -0.2) is 34.2 Å². The largest absolute Gasteiger partial charge is 0.298 e. The molecule has 1 N–H and O–H groups in total. The van der Waals surface area contributed by atoms with Gasteiger partial charge in [-0.25, -0.2) is 4.98 Å². The van der Waals surface area contributed by atoms with Gasteiger partial charge in [-0.15, -0.1) is 11.3 Å². The highest BCUT2D eigenvalue weighted by Gasteiger charge is 2.35. The Hall–Kier alpha value is -2.54. The molecule has 2 aromatic rings. The van der Waals surface area contributed by atoms with Crippen molar-refractivity contribution >= 4 is 34.2 Å². The lowest BCUT2D eigenvalue weighted by molar-refractivity contribution is 0.0647. The molecule has 25 heavy (non-hydrogen) atoms. The maximum absolute atomic E-state index is 12.5. The highest BCUT2D eigenvalue weighted by Crippen LogP contribution is 2.25. The highest BCUT2D eigenvalue weighted by molar-refractivity contribution is 7.15. The van der Waals surface area contributed by atoms with Crippen LogP contribution in [0.3, 0.4) is 0 Å². The second kappa shape index (κ2) is 6.76. The molecule has 0 spiro atoms. The summed E-state index contributed by atoms with van der Waals surface area (Å²) in [5.74, 6) is -0.575. The van der Waals surface area contributed by atoms with Gasteiger partial charge in [-0.1, -0.05) is 13.8 Å². The number of benzene rings is 1. The van der Waals surface area contributed by atoms with E-state index in [4.69, 9.17) is 0 Å². The number of rotatable bonds is 5. The van der Waals surface area contributed by atoms with Crippen molar-refractivity contribution in [2.24, 2.45) is 5.92 Å². The summed E-state index contributed by atoms with van der Waals surface area (Å²) in [7, 11) is 0. The SMILES string of the molecule is Cc1cnc(NC(=O)c2ccc3c(c2)C(=O)N(CCC(C)C)C3=O)s1. The van der Waals surface area contributed by atoms with Gasteiger partial charge in [0.15, 0.2) is 5.13 Å². The molecule has 0 saturated carbocycles. The maximum atomic E-state index is 12.5. The molecule has 0 fully saturated rings. The van der Waals surface area contributed by atoms with Gasteiger partial charge in [0.25, 0.3) is 17.7 Å². The quantitative estimate of drug-likeness (QED) is 0.832. The maximum Gasteiger partial charge on any atom is 0.261 e. The number of anilines is 1. The molecule has 1 aromatic heterocycles. The van der Waals surface area contributed by atoms with Gasteiger partial charge in [0, 0.05) is 23.2 Å². The number of hydrogen-bond donors (Lipinski definition) is 1. The van der Waals surface area contributed by atoms with Crippen LogP contribution < -0.4 is 5.32 Å². The van der Waals surface area contributed by atoms with E-state index in [0.29, 0.717) is 28.7 Å². The lowest BCUT2D eigenvalue weighted by Gasteiger charge is -2.14. The summed E-state index contributed by atoms with van der Waals surface area (Å²) < 4.78 is 0. The molecule has 6 nitrogen and oxygen atoms in total. The van der Waals surface area contributed by atoms with E-state index in [0.717, 1.165) is 11.3 Å². The van der Waals surface area contributed by atoms with Crippen molar-refractivity contribution in [1.29, 1.82) is 0 Å².